The lowest BCUT2D eigenvalue weighted by atomic mass is 10.2. The largest absolute Gasteiger partial charge is 0.330 e. The van der Waals surface area contributed by atoms with Crippen molar-refractivity contribution in [3.8, 4) is 0 Å². The molecule has 0 spiro atoms. The molecule has 1 rings (SSSR count). The second-order valence-corrected chi connectivity index (χ2v) is 4.18. The van der Waals surface area contributed by atoms with Crippen molar-refractivity contribution in [2.75, 3.05) is 20.1 Å². The van der Waals surface area contributed by atoms with Crippen molar-refractivity contribution < 1.29 is 4.39 Å². The average molecular weight is 224 g/mol. The van der Waals surface area contributed by atoms with Gasteiger partial charge in [-0.3, -0.25) is 0 Å². The molecule has 1 aromatic carbocycles. The fraction of sp³-hybridized carbons (Fsp3) is 0.538. The van der Waals surface area contributed by atoms with Gasteiger partial charge in [-0.15, -0.1) is 0 Å². The van der Waals surface area contributed by atoms with Crippen molar-refractivity contribution in [3.63, 3.8) is 0 Å². The van der Waals surface area contributed by atoms with E-state index in [0.717, 1.165) is 37.9 Å². The molecule has 0 saturated heterocycles. The Morgan fingerprint density at radius 2 is 1.94 bits per heavy atom. The summed E-state index contributed by atoms with van der Waals surface area (Å²) in [5, 5.41) is 0. The Kier molecular flexibility index (Phi) is 6.04. The SMILES string of the molecule is CN(CCCCCN)Cc1ccccc1F. The highest BCUT2D eigenvalue weighted by Crippen LogP contribution is 2.09. The average Bonchev–Trinajstić information content (AvgIpc) is 2.28. The molecule has 0 bridgehead atoms. The Hall–Kier alpha value is -0.930. The van der Waals surface area contributed by atoms with Crippen LogP contribution in [0.3, 0.4) is 0 Å². The van der Waals surface area contributed by atoms with Gasteiger partial charge in [0.05, 0.1) is 0 Å². The van der Waals surface area contributed by atoms with Gasteiger partial charge in [0.25, 0.3) is 0 Å². The van der Waals surface area contributed by atoms with Crippen molar-refractivity contribution in [1.82, 2.24) is 4.90 Å². The second kappa shape index (κ2) is 7.36. The lowest BCUT2D eigenvalue weighted by Crippen LogP contribution is -2.20. The number of rotatable bonds is 7. The first-order valence-electron chi connectivity index (χ1n) is 5.86. The van der Waals surface area contributed by atoms with Crippen LogP contribution in [-0.4, -0.2) is 25.0 Å². The van der Waals surface area contributed by atoms with Crippen LogP contribution in [0.5, 0.6) is 0 Å². The van der Waals surface area contributed by atoms with Gasteiger partial charge in [-0.05, 0) is 39.0 Å². The van der Waals surface area contributed by atoms with Gasteiger partial charge in [0.1, 0.15) is 5.82 Å². The van der Waals surface area contributed by atoms with E-state index in [4.69, 9.17) is 5.73 Å². The summed E-state index contributed by atoms with van der Waals surface area (Å²) in [5.74, 6) is -0.115. The number of nitrogens with zero attached hydrogens (tertiary/aromatic N) is 1. The first-order valence-corrected chi connectivity index (χ1v) is 5.86. The fourth-order valence-corrected chi connectivity index (χ4v) is 1.70. The molecule has 1 aromatic rings. The summed E-state index contributed by atoms with van der Waals surface area (Å²) in [6.45, 7) is 2.43. The van der Waals surface area contributed by atoms with Gasteiger partial charge in [0.15, 0.2) is 0 Å². The molecule has 2 nitrogen and oxygen atoms in total. The van der Waals surface area contributed by atoms with E-state index in [1.807, 2.05) is 19.2 Å². The number of hydrogen-bond acceptors (Lipinski definition) is 2. The molecule has 90 valence electrons. The van der Waals surface area contributed by atoms with Gasteiger partial charge in [-0.2, -0.15) is 0 Å². The van der Waals surface area contributed by atoms with E-state index in [0.29, 0.717) is 6.54 Å². The topological polar surface area (TPSA) is 29.3 Å². The molecule has 0 atom stereocenters. The van der Waals surface area contributed by atoms with Crippen LogP contribution in [0.15, 0.2) is 24.3 Å². The predicted molar refractivity (Wildman–Crippen MR) is 65.6 cm³/mol. The summed E-state index contributed by atoms with van der Waals surface area (Å²) in [5.41, 5.74) is 6.19. The smallest absolute Gasteiger partial charge is 0.127 e. The summed E-state index contributed by atoms with van der Waals surface area (Å²) in [4.78, 5) is 2.15. The number of halogens is 1. The maximum atomic E-state index is 13.3. The number of hydrogen-bond donors (Lipinski definition) is 1. The molecule has 0 aliphatic heterocycles. The molecule has 0 aliphatic rings. The van der Waals surface area contributed by atoms with Crippen molar-refractivity contribution >= 4 is 0 Å². The van der Waals surface area contributed by atoms with E-state index in [9.17, 15) is 4.39 Å². The fourth-order valence-electron chi connectivity index (χ4n) is 1.70. The zero-order valence-corrected chi connectivity index (χ0v) is 9.95. The Labute approximate surface area is 97.3 Å². The minimum atomic E-state index is -0.115. The third-order valence-corrected chi connectivity index (χ3v) is 2.64. The van der Waals surface area contributed by atoms with Gasteiger partial charge in [-0.25, -0.2) is 4.39 Å². The van der Waals surface area contributed by atoms with Crippen LogP contribution in [0.1, 0.15) is 24.8 Å². The van der Waals surface area contributed by atoms with E-state index >= 15 is 0 Å². The number of unbranched alkanes of at least 4 members (excludes halogenated alkanes) is 2. The number of nitrogens with two attached hydrogens (primary N) is 1. The highest BCUT2D eigenvalue weighted by atomic mass is 19.1. The van der Waals surface area contributed by atoms with E-state index in [1.165, 1.54) is 6.07 Å². The van der Waals surface area contributed by atoms with Crippen LogP contribution in [-0.2, 0) is 6.54 Å². The molecule has 0 heterocycles. The second-order valence-electron chi connectivity index (χ2n) is 4.18. The predicted octanol–water partition coefficient (Wildman–Crippen LogP) is 2.39. The molecule has 0 radical (unpaired) electrons. The van der Waals surface area contributed by atoms with Crippen LogP contribution in [0.25, 0.3) is 0 Å². The molecule has 0 aromatic heterocycles. The summed E-state index contributed by atoms with van der Waals surface area (Å²) in [6, 6.07) is 6.95. The first-order chi connectivity index (χ1) is 7.74. The highest BCUT2D eigenvalue weighted by Gasteiger charge is 2.04. The third kappa shape index (κ3) is 4.73. The summed E-state index contributed by atoms with van der Waals surface area (Å²) < 4.78 is 13.3. The zero-order chi connectivity index (χ0) is 11.8. The maximum Gasteiger partial charge on any atom is 0.127 e. The normalized spacial score (nSPS) is 11.0. The monoisotopic (exact) mass is 224 g/mol. The van der Waals surface area contributed by atoms with E-state index in [1.54, 1.807) is 6.07 Å². The summed E-state index contributed by atoms with van der Waals surface area (Å²) in [6.07, 6.45) is 3.35. The molecule has 0 aliphatic carbocycles. The van der Waals surface area contributed by atoms with Gasteiger partial charge < -0.3 is 10.6 Å². The van der Waals surface area contributed by atoms with Crippen molar-refractivity contribution in [1.29, 1.82) is 0 Å². The summed E-state index contributed by atoms with van der Waals surface area (Å²) in [7, 11) is 2.02. The minimum Gasteiger partial charge on any atom is -0.330 e. The Morgan fingerprint density at radius 1 is 1.19 bits per heavy atom. The summed E-state index contributed by atoms with van der Waals surface area (Å²) >= 11 is 0. The number of benzene rings is 1. The van der Waals surface area contributed by atoms with Crippen LogP contribution in [0.4, 0.5) is 4.39 Å². The molecule has 16 heavy (non-hydrogen) atoms. The lowest BCUT2D eigenvalue weighted by molar-refractivity contribution is 0.312. The molecule has 2 N–H and O–H groups in total. The molecular weight excluding hydrogens is 203 g/mol. The lowest BCUT2D eigenvalue weighted by Gasteiger charge is -2.16. The van der Waals surface area contributed by atoms with Crippen molar-refractivity contribution in [2.45, 2.75) is 25.8 Å². The van der Waals surface area contributed by atoms with Gasteiger partial charge in [0, 0.05) is 12.1 Å². The molecule has 3 heteroatoms. The van der Waals surface area contributed by atoms with Gasteiger partial charge in [-0.1, -0.05) is 24.6 Å². The third-order valence-electron chi connectivity index (χ3n) is 2.64. The molecular formula is C13H21FN2. The van der Waals surface area contributed by atoms with Gasteiger partial charge in [0.2, 0.25) is 0 Å². The van der Waals surface area contributed by atoms with Gasteiger partial charge >= 0.3 is 0 Å². The van der Waals surface area contributed by atoms with Crippen LogP contribution < -0.4 is 5.73 Å². The van der Waals surface area contributed by atoms with Crippen LogP contribution >= 0.6 is 0 Å². The van der Waals surface area contributed by atoms with Crippen molar-refractivity contribution in [3.05, 3.63) is 35.6 Å². The standard InChI is InChI=1S/C13H21FN2/c1-16(10-6-2-5-9-15)11-12-7-3-4-8-13(12)14/h3-4,7-8H,2,5-6,9-11,15H2,1H3. The Balaban J connectivity index is 2.28. The highest BCUT2D eigenvalue weighted by molar-refractivity contribution is 5.16. The molecule has 0 unspecified atom stereocenters. The Morgan fingerprint density at radius 3 is 2.62 bits per heavy atom. The quantitative estimate of drug-likeness (QED) is 0.721. The van der Waals surface area contributed by atoms with Crippen LogP contribution in [0, 0.1) is 5.82 Å². The molecule has 0 fully saturated rings. The maximum absolute atomic E-state index is 13.3. The van der Waals surface area contributed by atoms with Crippen LogP contribution in [0.2, 0.25) is 0 Å². The van der Waals surface area contributed by atoms with E-state index in [2.05, 4.69) is 4.90 Å². The van der Waals surface area contributed by atoms with E-state index in [-0.39, 0.29) is 5.82 Å². The Bertz CT molecular complexity index is 302. The zero-order valence-electron chi connectivity index (χ0n) is 9.95. The molecule has 0 saturated carbocycles. The van der Waals surface area contributed by atoms with Crippen molar-refractivity contribution in [2.24, 2.45) is 5.73 Å². The van der Waals surface area contributed by atoms with E-state index < -0.39 is 0 Å². The minimum absolute atomic E-state index is 0.115. The first kappa shape index (κ1) is 13.1. The molecule has 0 amide bonds.